The second kappa shape index (κ2) is 5.74. The summed E-state index contributed by atoms with van der Waals surface area (Å²) in [7, 11) is -4.04. The number of nitrogens with one attached hydrogen (secondary N) is 1. The van der Waals surface area contributed by atoms with Crippen LogP contribution in [0.3, 0.4) is 0 Å². The van der Waals surface area contributed by atoms with Crippen molar-refractivity contribution in [1.82, 2.24) is 9.71 Å². The number of rotatable bonds is 4. The maximum absolute atomic E-state index is 13.6. The molecule has 0 saturated heterocycles. The van der Waals surface area contributed by atoms with Gasteiger partial charge in [0.25, 0.3) is 0 Å². The minimum absolute atomic E-state index is 0.189. The van der Waals surface area contributed by atoms with E-state index in [1.165, 1.54) is 31.3 Å². The Bertz CT molecular complexity index is 746. The Morgan fingerprint density at radius 3 is 2.38 bits per heavy atom. The Balaban J connectivity index is 2.35. The molecule has 1 aromatic carbocycles. The number of benzene rings is 1. The lowest BCUT2D eigenvalue weighted by molar-refractivity contribution is 0.515. The molecule has 0 bridgehead atoms. The highest BCUT2D eigenvalue weighted by molar-refractivity contribution is 7.89. The molecule has 2 aromatic rings. The van der Waals surface area contributed by atoms with E-state index in [9.17, 15) is 17.2 Å². The van der Waals surface area contributed by atoms with Gasteiger partial charge in [0, 0.05) is 17.8 Å². The Kier molecular flexibility index (Phi) is 4.19. The number of pyridine rings is 1. The van der Waals surface area contributed by atoms with Crippen LogP contribution in [0.4, 0.5) is 14.6 Å². The van der Waals surface area contributed by atoms with Crippen LogP contribution >= 0.6 is 0 Å². The predicted octanol–water partition coefficient (Wildman–Crippen LogP) is 1.98. The van der Waals surface area contributed by atoms with Crippen molar-refractivity contribution in [3.8, 4) is 0 Å². The number of aromatic nitrogens is 1. The number of nitrogens with zero attached hydrogens (tertiary/aromatic N) is 1. The molecular weight excluding hydrogens is 300 g/mol. The highest BCUT2D eigenvalue weighted by Crippen LogP contribution is 2.23. The van der Waals surface area contributed by atoms with Crippen molar-refractivity contribution in [3.63, 3.8) is 0 Å². The second-order valence-corrected chi connectivity index (χ2v) is 6.05. The average Bonchev–Trinajstić information content (AvgIpc) is 2.38. The molecular formula is C13H13F2N3O2S. The molecule has 21 heavy (non-hydrogen) atoms. The average molecular weight is 313 g/mol. The summed E-state index contributed by atoms with van der Waals surface area (Å²) in [5.74, 6) is -1.85. The standard InChI is InChI=1S/C13H13F2N3O2S/c1-8(12-9(14)4-2-5-10(12)15)18-21(19,20)11-6-3-7-17-13(11)16/h2-8,18H,1H3,(H2,16,17). The molecule has 1 aromatic heterocycles. The number of hydrogen-bond donors (Lipinski definition) is 2. The number of nitrogen functional groups attached to an aromatic ring is 1. The lowest BCUT2D eigenvalue weighted by atomic mass is 10.1. The first kappa shape index (κ1) is 15.3. The Hall–Kier alpha value is -2.06. The van der Waals surface area contributed by atoms with Crippen LogP contribution in [0.1, 0.15) is 18.5 Å². The second-order valence-electron chi connectivity index (χ2n) is 4.37. The maximum atomic E-state index is 13.6. The SMILES string of the molecule is CC(NS(=O)(=O)c1cccnc1N)c1c(F)cccc1F. The third-order valence-electron chi connectivity index (χ3n) is 2.85. The van der Waals surface area contributed by atoms with Crippen molar-refractivity contribution in [2.75, 3.05) is 5.73 Å². The van der Waals surface area contributed by atoms with Crippen LogP contribution in [0, 0.1) is 11.6 Å². The number of nitrogens with two attached hydrogens (primary N) is 1. The van der Waals surface area contributed by atoms with Gasteiger partial charge in [-0.1, -0.05) is 6.07 Å². The third kappa shape index (κ3) is 3.17. The van der Waals surface area contributed by atoms with E-state index >= 15 is 0 Å². The summed E-state index contributed by atoms with van der Waals surface area (Å²) in [6, 6.07) is 4.88. The normalized spacial score (nSPS) is 13.1. The molecule has 3 N–H and O–H groups in total. The monoisotopic (exact) mass is 313 g/mol. The highest BCUT2D eigenvalue weighted by Gasteiger charge is 2.24. The molecule has 1 heterocycles. The molecule has 0 aliphatic carbocycles. The zero-order valence-electron chi connectivity index (χ0n) is 11.0. The number of sulfonamides is 1. The topological polar surface area (TPSA) is 85.1 Å². The minimum Gasteiger partial charge on any atom is -0.383 e. The number of hydrogen-bond acceptors (Lipinski definition) is 4. The van der Waals surface area contributed by atoms with Gasteiger partial charge in [-0.3, -0.25) is 0 Å². The van der Waals surface area contributed by atoms with Crippen LogP contribution in [-0.4, -0.2) is 13.4 Å². The van der Waals surface area contributed by atoms with Crippen LogP contribution in [0.15, 0.2) is 41.4 Å². The molecule has 112 valence electrons. The largest absolute Gasteiger partial charge is 0.383 e. The Morgan fingerprint density at radius 1 is 1.19 bits per heavy atom. The van der Waals surface area contributed by atoms with Crippen molar-refractivity contribution in [3.05, 3.63) is 53.7 Å². The zero-order valence-corrected chi connectivity index (χ0v) is 11.9. The minimum atomic E-state index is -4.04. The lowest BCUT2D eigenvalue weighted by Gasteiger charge is -2.16. The van der Waals surface area contributed by atoms with Crippen LogP contribution in [0.2, 0.25) is 0 Å². The van der Waals surface area contributed by atoms with Crippen LogP contribution in [0.5, 0.6) is 0 Å². The van der Waals surface area contributed by atoms with Crippen molar-refractivity contribution in [1.29, 1.82) is 0 Å². The van der Waals surface area contributed by atoms with Crippen LogP contribution in [-0.2, 0) is 10.0 Å². The molecule has 1 unspecified atom stereocenters. The smallest absolute Gasteiger partial charge is 0.244 e. The molecule has 0 aliphatic rings. The van der Waals surface area contributed by atoms with E-state index in [0.717, 1.165) is 12.1 Å². The molecule has 0 saturated carbocycles. The van der Waals surface area contributed by atoms with Gasteiger partial charge in [0.2, 0.25) is 10.0 Å². The summed E-state index contributed by atoms with van der Waals surface area (Å²) < 4.78 is 53.8. The molecule has 0 amide bonds. The molecule has 0 radical (unpaired) electrons. The van der Waals surface area contributed by atoms with Gasteiger partial charge in [0.05, 0.1) is 0 Å². The zero-order chi connectivity index (χ0) is 15.6. The summed E-state index contributed by atoms with van der Waals surface area (Å²) in [6.45, 7) is 1.34. The fourth-order valence-electron chi connectivity index (χ4n) is 1.91. The molecule has 1 atom stereocenters. The fraction of sp³-hybridized carbons (Fsp3) is 0.154. The van der Waals surface area contributed by atoms with Gasteiger partial charge in [-0.2, -0.15) is 0 Å². The van der Waals surface area contributed by atoms with E-state index in [-0.39, 0.29) is 16.3 Å². The van der Waals surface area contributed by atoms with Gasteiger partial charge in [-0.25, -0.2) is 26.9 Å². The first-order valence-electron chi connectivity index (χ1n) is 5.99. The Labute approximate surface area is 120 Å². The molecule has 5 nitrogen and oxygen atoms in total. The van der Waals surface area contributed by atoms with Crippen LogP contribution < -0.4 is 10.5 Å². The summed E-state index contributed by atoms with van der Waals surface area (Å²) in [5, 5.41) is 0. The fourth-order valence-corrected chi connectivity index (χ4v) is 3.21. The van der Waals surface area contributed by atoms with Gasteiger partial charge in [0.1, 0.15) is 22.3 Å². The van der Waals surface area contributed by atoms with E-state index in [1.54, 1.807) is 0 Å². The molecule has 0 spiro atoms. The number of halogens is 2. The first-order chi connectivity index (χ1) is 9.83. The molecule has 0 fully saturated rings. The summed E-state index contributed by atoms with van der Waals surface area (Å²) in [5.41, 5.74) is 5.14. The predicted molar refractivity (Wildman–Crippen MR) is 73.7 cm³/mol. The lowest BCUT2D eigenvalue weighted by Crippen LogP contribution is -2.29. The summed E-state index contributed by atoms with van der Waals surface area (Å²) >= 11 is 0. The van der Waals surface area contributed by atoms with Crippen molar-refractivity contribution in [2.24, 2.45) is 0 Å². The summed E-state index contributed by atoms with van der Waals surface area (Å²) in [6.07, 6.45) is 1.34. The molecule has 8 heteroatoms. The molecule has 2 rings (SSSR count). The molecule has 0 aliphatic heterocycles. The van der Waals surface area contributed by atoms with Gasteiger partial charge in [0.15, 0.2) is 0 Å². The van der Waals surface area contributed by atoms with E-state index in [2.05, 4.69) is 9.71 Å². The van der Waals surface area contributed by atoms with E-state index in [0.29, 0.717) is 0 Å². The first-order valence-corrected chi connectivity index (χ1v) is 7.48. The highest BCUT2D eigenvalue weighted by atomic mass is 32.2. The van der Waals surface area contributed by atoms with Crippen molar-refractivity contribution < 1.29 is 17.2 Å². The van der Waals surface area contributed by atoms with Gasteiger partial charge in [-0.05, 0) is 31.2 Å². The Morgan fingerprint density at radius 2 is 1.81 bits per heavy atom. The van der Waals surface area contributed by atoms with Gasteiger partial charge in [-0.15, -0.1) is 0 Å². The quantitative estimate of drug-likeness (QED) is 0.904. The summed E-state index contributed by atoms with van der Waals surface area (Å²) in [4.78, 5) is 3.43. The van der Waals surface area contributed by atoms with Gasteiger partial charge < -0.3 is 5.73 Å². The van der Waals surface area contributed by atoms with E-state index in [4.69, 9.17) is 5.73 Å². The van der Waals surface area contributed by atoms with Crippen LogP contribution in [0.25, 0.3) is 0 Å². The third-order valence-corrected chi connectivity index (χ3v) is 4.44. The van der Waals surface area contributed by atoms with E-state index in [1.807, 2.05) is 0 Å². The maximum Gasteiger partial charge on any atom is 0.244 e. The van der Waals surface area contributed by atoms with Crippen molar-refractivity contribution in [2.45, 2.75) is 17.9 Å². The van der Waals surface area contributed by atoms with E-state index < -0.39 is 27.7 Å². The van der Waals surface area contributed by atoms with Gasteiger partial charge >= 0.3 is 0 Å². The van der Waals surface area contributed by atoms with Crippen molar-refractivity contribution >= 4 is 15.8 Å². The number of anilines is 1.